The van der Waals surface area contributed by atoms with E-state index in [0.717, 1.165) is 0 Å². The van der Waals surface area contributed by atoms with Crippen molar-refractivity contribution in [1.82, 2.24) is 0 Å². The molecule has 1 rings (SSSR count). The van der Waals surface area contributed by atoms with Gasteiger partial charge in [-0.3, -0.25) is 4.99 Å². The van der Waals surface area contributed by atoms with Gasteiger partial charge in [-0.15, -0.1) is 4.91 Å². The smallest absolute Gasteiger partial charge is 0.152 e. The van der Waals surface area contributed by atoms with E-state index >= 15 is 0 Å². The molecule has 0 aromatic carbocycles. The second kappa shape index (κ2) is 6.61. The highest BCUT2D eigenvalue weighted by Crippen LogP contribution is 1.82. The molecule has 1 heterocycles. The second-order valence-electron chi connectivity index (χ2n) is 1.03. The lowest BCUT2D eigenvalue weighted by atomic mass is 10.7. The maximum absolute atomic E-state index is 8.11. The molecule has 1 N–H and O–H groups in total. The van der Waals surface area contributed by atoms with Gasteiger partial charge >= 0.3 is 0 Å². The summed E-state index contributed by atoms with van der Waals surface area (Å²) < 4.78 is 4.74. The summed E-state index contributed by atoms with van der Waals surface area (Å²) in [5, 5.41) is 7.89. The molecular formula is C4H6N2O3. The van der Waals surface area contributed by atoms with E-state index in [9.17, 15) is 0 Å². The molecule has 5 heteroatoms. The zero-order chi connectivity index (χ0) is 6.95. The third-order valence-corrected chi connectivity index (χ3v) is 0.519. The van der Waals surface area contributed by atoms with Gasteiger partial charge in [0.25, 0.3) is 0 Å². The lowest BCUT2D eigenvalue weighted by Gasteiger charge is -1.94. The molecule has 0 saturated carbocycles. The van der Waals surface area contributed by atoms with E-state index < -0.39 is 0 Å². The topological polar surface area (TPSA) is 71.2 Å². The molecule has 0 radical (unpaired) electrons. The fourth-order valence-corrected chi connectivity index (χ4v) is 0.281. The summed E-state index contributed by atoms with van der Waals surface area (Å²) in [6, 6.07) is 0. The van der Waals surface area contributed by atoms with E-state index in [-0.39, 0.29) is 0 Å². The zero-order valence-corrected chi connectivity index (χ0v) is 4.60. The summed E-state index contributed by atoms with van der Waals surface area (Å²) in [5.74, 6) is 0. The summed E-state index contributed by atoms with van der Waals surface area (Å²) in [5.41, 5.74) is 0. The quantitative estimate of drug-likeness (QED) is 0.387. The first-order valence-electron chi connectivity index (χ1n) is 2.16. The first-order valence-corrected chi connectivity index (χ1v) is 2.16. The van der Waals surface area contributed by atoms with Crippen LogP contribution in [0.4, 0.5) is 0 Å². The van der Waals surface area contributed by atoms with Crippen molar-refractivity contribution in [1.29, 1.82) is 0 Å². The molecule has 0 saturated heterocycles. The highest BCUT2D eigenvalue weighted by molar-refractivity contribution is 5.60. The Morgan fingerprint density at radius 2 is 2.44 bits per heavy atom. The zero-order valence-electron chi connectivity index (χ0n) is 4.60. The van der Waals surface area contributed by atoms with Crippen LogP contribution in [0.25, 0.3) is 0 Å². The van der Waals surface area contributed by atoms with Crippen LogP contribution in [0.3, 0.4) is 0 Å². The third-order valence-electron chi connectivity index (χ3n) is 0.519. The number of nitrogens with zero attached hydrogens (tertiary/aromatic N) is 2. The van der Waals surface area contributed by atoms with Gasteiger partial charge in [-0.2, -0.15) is 0 Å². The fourth-order valence-electron chi connectivity index (χ4n) is 0.281. The molecule has 0 aromatic rings. The monoisotopic (exact) mass is 130 g/mol. The van der Waals surface area contributed by atoms with Crippen molar-refractivity contribution in [3.8, 4) is 0 Å². The summed E-state index contributed by atoms with van der Waals surface area (Å²) in [6.45, 7) is 0.622. The van der Waals surface area contributed by atoms with E-state index in [1.165, 1.54) is 5.34 Å². The lowest BCUT2D eigenvalue weighted by molar-refractivity contribution is 0.300. The second-order valence-corrected chi connectivity index (χ2v) is 1.03. The Morgan fingerprint density at radius 1 is 1.78 bits per heavy atom. The molecular weight excluding hydrogens is 124 g/mol. The van der Waals surface area contributed by atoms with Gasteiger partial charge in [-0.25, -0.2) is 0 Å². The van der Waals surface area contributed by atoms with Crippen molar-refractivity contribution in [2.45, 2.75) is 0 Å². The lowest BCUT2D eigenvalue weighted by Crippen LogP contribution is -1.90. The average Bonchev–Trinajstić information content (AvgIpc) is 1.93. The van der Waals surface area contributed by atoms with E-state index in [1.807, 2.05) is 0 Å². The molecule has 0 aromatic heterocycles. The summed E-state index contributed by atoms with van der Waals surface area (Å²) in [7, 11) is 0. The van der Waals surface area contributed by atoms with Crippen LogP contribution < -0.4 is 0 Å². The Morgan fingerprint density at radius 3 is 2.56 bits per heavy atom. The maximum atomic E-state index is 8.11. The number of aliphatic imine (C=N–C) groups is 1. The Hall–Kier alpha value is -1.39. The number of hydrogen-bond donors (Lipinski definition) is 1. The van der Waals surface area contributed by atoms with Crippen LogP contribution in [-0.4, -0.2) is 18.0 Å². The fraction of sp³-hybridized carbons (Fsp3) is 0.250. The van der Waals surface area contributed by atoms with E-state index in [4.69, 9.17) is 14.9 Å². The molecule has 0 bridgehead atoms. The molecule has 0 amide bonds. The molecule has 5 nitrogen and oxygen atoms in total. The highest BCUT2D eigenvalue weighted by Gasteiger charge is 1.76. The molecule has 9 heavy (non-hydrogen) atoms. The summed E-state index contributed by atoms with van der Waals surface area (Å²) >= 11 is 0. The third kappa shape index (κ3) is 6.61. The van der Waals surface area contributed by atoms with Gasteiger partial charge in [0.15, 0.2) is 5.34 Å². The van der Waals surface area contributed by atoms with Crippen molar-refractivity contribution in [3.05, 3.63) is 17.4 Å². The average molecular weight is 130 g/mol. The van der Waals surface area contributed by atoms with Crippen LogP contribution in [0.5, 0.6) is 0 Å². The van der Waals surface area contributed by atoms with Crippen molar-refractivity contribution in [3.63, 3.8) is 0 Å². The number of hydrogen-bond acceptors (Lipinski definition) is 4. The minimum Gasteiger partial charge on any atom is -0.494 e. The Kier molecular flexibility index (Phi) is 5.59. The molecule has 1 aliphatic heterocycles. The molecule has 1 aliphatic rings. The van der Waals surface area contributed by atoms with Crippen molar-refractivity contribution < 1.29 is 9.94 Å². The minimum atomic E-state index is 0.622. The Bertz CT molecular complexity index is 109. The van der Waals surface area contributed by atoms with Gasteiger partial charge < -0.3 is 9.94 Å². The van der Waals surface area contributed by atoms with Gasteiger partial charge in [-0.05, 0) is 0 Å². The van der Waals surface area contributed by atoms with E-state index in [0.29, 0.717) is 6.61 Å². The first-order chi connectivity index (χ1) is 4.41. The van der Waals surface area contributed by atoms with Crippen molar-refractivity contribution >= 4 is 6.21 Å². The minimum absolute atomic E-state index is 0.622. The number of ether oxygens (including phenoxy) is 1. The van der Waals surface area contributed by atoms with Crippen LogP contribution in [0.1, 0.15) is 0 Å². The predicted molar refractivity (Wildman–Crippen MR) is 31.2 cm³/mol. The molecule has 0 unspecified atom stereocenters. The molecule has 0 atom stereocenters. The van der Waals surface area contributed by atoms with Gasteiger partial charge in [0, 0.05) is 6.21 Å². The highest BCUT2D eigenvalue weighted by atomic mass is 16.6. The molecule has 0 spiro atoms. The van der Waals surface area contributed by atoms with Gasteiger partial charge in [0.2, 0.25) is 0 Å². The summed E-state index contributed by atoms with van der Waals surface area (Å²) in [4.78, 5) is 11.9. The number of rotatable bonds is 0. The predicted octanol–water partition coefficient (Wildman–Crippen LogP) is 0.701. The largest absolute Gasteiger partial charge is 0.494 e. The first kappa shape index (κ1) is 7.61. The van der Waals surface area contributed by atoms with Gasteiger partial charge in [-0.1, -0.05) is 0 Å². The maximum Gasteiger partial charge on any atom is 0.152 e. The SMILES string of the molecule is C1=COCC=N1.O=NO. The Balaban J connectivity index is 0.000000187. The molecule has 50 valence electrons. The summed E-state index contributed by atoms with van der Waals surface area (Å²) in [6.07, 6.45) is 4.89. The van der Waals surface area contributed by atoms with Crippen LogP contribution in [0.15, 0.2) is 22.8 Å². The standard InChI is InChI=1S/C4H5NO.HNO2/c1-3-6-4-2-5-1;2-1-3/h1-3H,4H2;(H,2,3). The van der Waals surface area contributed by atoms with E-state index in [2.05, 4.69) is 4.99 Å². The van der Waals surface area contributed by atoms with Crippen LogP contribution in [0.2, 0.25) is 0 Å². The van der Waals surface area contributed by atoms with Crippen molar-refractivity contribution in [2.75, 3.05) is 6.61 Å². The van der Waals surface area contributed by atoms with Gasteiger partial charge in [0.05, 0.1) is 6.20 Å². The normalized spacial score (nSPS) is 12.9. The van der Waals surface area contributed by atoms with E-state index in [1.54, 1.807) is 18.7 Å². The van der Waals surface area contributed by atoms with Crippen LogP contribution >= 0.6 is 0 Å². The van der Waals surface area contributed by atoms with Gasteiger partial charge in [0.1, 0.15) is 12.9 Å². The molecule has 0 aliphatic carbocycles. The van der Waals surface area contributed by atoms with Crippen LogP contribution in [0, 0.1) is 4.91 Å². The van der Waals surface area contributed by atoms with Crippen molar-refractivity contribution in [2.24, 2.45) is 10.3 Å². The molecule has 0 fully saturated rings. The van der Waals surface area contributed by atoms with Crippen LogP contribution in [-0.2, 0) is 4.74 Å². The Labute approximate surface area is 51.6 Å².